The molecule has 2 nitrogen and oxygen atoms in total. The summed E-state index contributed by atoms with van der Waals surface area (Å²) < 4.78 is 6.78. The molecule has 0 N–H and O–H groups in total. The first-order chi connectivity index (χ1) is 28.8. The van der Waals surface area contributed by atoms with Crippen LogP contribution in [-0.2, 0) is 0 Å². The van der Waals surface area contributed by atoms with Crippen LogP contribution >= 0.6 is 0 Å². The Morgan fingerprint density at radius 2 is 0.828 bits per heavy atom. The van der Waals surface area contributed by atoms with E-state index in [1.807, 2.05) is 6.07 Å². The molecule has 1 heterocycles. The van der Waals surface area contributed by atoms with Gasteiger partial charge in [-0.3, -0.25) is 0 Å². The molecule has 0 amide bonds. The Morgan fingerprint density at radius 3 is 1.55 bits per heavy atom. The van der Waals surface area contributed by atoms with E-state index in [1.165, 1.54) is 86.5 Å². The smallest absolute Gasteiger partial charge is 0.159 e. The topological polar surface area (TPSA) is 16.4 Å². The van der Waals surface area contributed by atoms with Gasteiger partial charge in [-0.25, -0.2) is 0 Å². The fourth-order valence-corrected chi connectivity index (χ4v) is 10.0. The molecule has 0 bridgehead atoms. The fourth-order valence-electron chi connectivity index (χ4n) is 10.0. The van der Waals surface area contributed by atoms with E-state index in [1.54, 1.807) is 0 Å². The molecule has 12 aromatic carbocycles. The largest absolute Gasteiger partial charge is 0.454 e. The standard InChI is InChI=1S/C56H33NO/c1-2-15-42-34(10-1)11-5-17-43(42)35-28-30-40(31-29-35)57(50-22-9-21-48-44-16-3-4-23-51(44)58-56(48)50)41-32-39-27-26-38-13-7-19-46-45-18-6-12-36-24-25-37-14-8-20-47(54(37)52(36)45)49(33-41)55(39)53(38)46/h1-33H. The van der Waals surface area contributed by atoms with Crippen LogP contribution in [0.25, 0.3) is 108 Å². The fraction of sp³-hybridized carbons (Fsp3) is 0. The Labute approximate surface area is 333 Å². The van der Waals surface area contributed by atoms with Crippen molar-refractivity contribution in [1.82, 2.24) is 0 Å². The number of anilines is 3. The Hall–Kier alpha value is -7.68. The molecule has 0 fully saturated rings. The van der Waals surface area contributed by atoms with E-state index in [0.717, 1.165) is 39.0 Å². The van der Waals surface area contributed by atoms with Crippen LogP contribution in [0.1, 0.15) is 0 Å². The van der Waals surface area contributed by atoms with Gasteiger partial charge in [0.25, 0.3) is 0 Å². The van der Waals surface area contributed by atoms with Crippen LogP contribution in [0.3, 0.4) is 0 Å². The van der Waals surface area contributed by atoms with Crippen molar-refractivity contribution in [1.29, 1.82) is 0 Å². The lowest BCUT2D eigenvalue weighted by Crippen LogP contribution is -2.10. The summed E-state index contributed by atoms with van der Waals surface area (Å²) in [6, 6.07) is 73.5. The quantitative estimate of drug-likeness (QED) is 0.167. The summed E-state index contributed by atoms with van der Waals surface area (Å²) in [6.07, 6.45) is 0. The van der Waals surface area contributed by atoms with E-state index in [2.05, 4.69) is 199 Å². The molecule has 0 unspecified atom stereocenters. The summed E-state index contributed by atoms with van der Waals surface area (Å²) in [4.78, 5) is 2.40. The molecule has 1 aromatic heterocycles. The minimum absolute atomic E-state index is 0.867. The van der Waals surface area contributed by atoms with Crippen LogP contribution in [0.2, 0.25) is 0 Å². The zero-order valence-electron chi connectivity index (χ0n) is 31.4. The van der Waals surface area contributed by atoms with Crippen LogP contribution in [0.4, 0.5) is 17.1 Å². The van der Waals surface area contributed by atoms with Crippen LogP contribution in [0.5, 0.6) is 0 Å². The van der Waals surface area contributed by atoms with E-state index in [4.69, 9.17) is 4.42 Å². The van der Waals surface area contributed by atoms with E-state index in [0.29, 0.717) is 0 Å². The van der Waals surface area contributed by atoms with E-state index in [9.17, 15) is 0 Å². The van der Waals surface area contributed by atoms with Gasteiger partial charge in [0.1, 0.15) is 5.58 Å². The maximum absolute atomic E-state index is 6.78. The molecule has 0 aliphatic heterocycles. The van der Waals surface area contributed by atoms with Crippen molar-refractivity contribution in [2.75, 3.05) is 4.90 Å². The second kappa shape index (κ2) is 11.9. The minimum atomic E-state index is 0.867. The third kappa shape index (κ3) is 4.43. The van der Waals surface area contributed by atoms with E-state index >= 15 is 0 Å². The van der Waals surface area contributed by atoms with E-state index < -0.39 is 0 Å². The molecule has 0 aliphatic carbocycles. The Kier molecular flexibility index (Phi) is 6.47. The lowest BCUT2D eigenvalue weighted by Gasteiger charge is -2.27. The highest BCUT2D eigenvalue weighted by Gasteiger charge is 2.22. The van der Waals surface area contributed by atoms with Gasteiger partial charge in [-0.05, 0) is 123 Å². The van der Waals surface area contributed by atoms with Gasteiger partial charge in [-0.2, -0.15) is 0 Å². The lowest BCUT2D eigenvalue weighted by molar-refractivity contribution is 0.669. The SMILES string of the molecule is c1ccc2c(-c3ccc(N(c4cc5ccc6cccc7c8cccc9ccc%10cccc(c(c4)c5c67)c%10c98)c4cccc5c4oc4ccccc45)cc3)cccc2c1. The number of nitrogens with zero attached hydrogens (tertiary/aromatic N) is 1. The molecule has 0 spiro atoms. The van der Waals surface area contributed by atoms with Gasteiger partial charge >= 0.3 is 0 Å². The first-order valence-corrected chi connectivity index (χ1v) is 20.0. The van der Waals surface area contributed by atoms with Gasteiger partial charge < -0.3 is 9.32 Å². The van der Waals surface area contributed by atoms with Crippen molar-refractivity contribution in [2.24, 2.45) is 0 Å². The summed E-state index contributed by atoms with van der Waals surface area (Å²) in [5.74, 6) is 0. The Balaban J connectivity index is 1.15. The predicted octanol–water partition coefficient (Wildman–Crippen LogP) is 16.2. The maximum atomic E-state index is 6.78. The predicted molar refractivity (Wildman–Crippen MR) is 248 cm³/mol. The number of hydrogen-bond donors (Lipinski definition) is 0. The summed E-state index contributed by atoms with van der Waals surface area (Å²) >= 11 is 0. The number of fused-ring (bicyclic) bond motifs is 6. The third-order valence-electron chi connectivity index (χ3n) is 12.5. The summed E-state index contributed by atoms with van der Waals surface area (Å²) in [7, 11) is 0. The van der Waals surface area contributed by atoms with E-state index in [-0.39, 0.29) is 0 Å². The highest BCUT2D eigenvalue weighted by atomic mass is 16.3. The molecule has 13 aromatic rings. The number of benzene rings is 11. The number of hydrogen-bond acceptors (Lipinski definition) is 2. The normalized spacial score (nSPS) is 12.1. The minimum Gasteiger partial charge on any atom is -0.454 e. The van der Waals surface area contributed by atoms with Gasteiger partial charge in [-0.15, -0.1) is 0 Å². The van der Waals surface area contributed by atoms with Crippen molar-refractivity contribution in [3.05, 3.63) is 200 Å². The molecule has 13 rings (SSSR count). The molecule has 268 valence electrons. The first-order valence-electron chi connectivity index (χ1n) is 20.0. The molecule has 2 heteroatoms. The summed E-state index contributed by atoms with van der Waals surface area (Å²) in [5, 5.41) is 19.9. The summed E-state index contributed by atoms with van der Waals surface area (Å²) in [6.45, 7) is 0. The second-order valence-corrected chi connectivity index (χ2v) is 15.6. The molecule has 0 saturated heterocycles. The number of rotatable bonds is 4. The Morgan fingerprint density at radius 1 is 0.310 bits per heavy atom. The van der Waals surface area contributed by atoms with Crippen molar-refractivity contribution >= 4 is 114 Å². The number of furan rings is 1. The highest BCUT2D eigenvalue weighted by molar-refractivity contribution is 6.37. The zero-order valence-corrected chi connectivity index (χ0v) is 31.4. The van der Waals surface area contributed by atoms with Crippen molar-refractivity contribution < 1.29 is 4.42 Å². The van der Waals surface area contributed by atoms with Gasteiger partial charge in [0.05, 0.1) is 5.69 Å². The van der Waals surface area contributed by atoms with Gasteiger partial charge in [0.2, 0.25) is 0 Å². The van der Waals surface area contributed by atoms with Crippen molar-refractivity contribution in [3.8, 4) is 11.1 Å². The Bertz CT molecular complexity index is 3790. The first kappa shape index (κ1) is 31.5. The van der Waals surface area contributed by atoms with Gasteiger partial charge in [0, 0.05) is 22.1 Å². The van der Waals surface area contributed by atoms with Crippen LogP contribution < -0.4 is 4.90 Å². The zero-order chi connectivity index (χ0) is 37.9. The molecular formula is C56H33NO. The molecule has 0 radical (unpaired) electrons. The molecule has 0 saturated carbocycles. The lowest BCUT2D eigenvalue weighted by atomic mass is 9.87. The van der Waals surface area contributed by atoms with Gasteiger partial charge in [0.15, 0.2) is 5.58 Å². The average Bonchev–Trinajstić information content (AvgIpc) is 3.67. The van der Waals surface area contributed by atoms with Crippen LogP contribution in [-0.4, -0.2) is 0 Å². The summed E-state index contributed by atoms with van der Waals surface area (Å²) in [5.41, 5.74) is 7.28. The number of para-hydroxylation sites is 2. The van der Waals surface area contributed by atoms with Crippen LogP contribution in [0, 0.1) is 0 Å². The van der Waals surface area contributed by atoms with Crippen molar-refractivity contribution in [3.63, 3.8) is 0 Å². The highest BCUT2D eigenvalue weighted by Crippen LogP contribution is 2.48. The van der Waals surface area contributed by atoms with Crippen LogP contribution in [0.15, 0.2) is 205 Å². The third-order valence-corrected chi connectivity index (χ3v) is 12.5. The molecule has 58 heavy (non-hydrogen) atoms. The maximum Gasteiger partial charge on any atom is 0.159 e. The average molecular weight is 736 g/mol. The van der Waals surface area contributed by atoms with Gasteiger partial charge in [-0.1, -0.05) is 164 Å². The second-order valence-electron chi connectivity index (χ2n) is 15.6. The molecular weight excluding hydrogens is 703 g/mol. The van der Waals surface area contributed by atoms with Crippen molar-refractivity contribution in [2.45, 2.75) is 0 Å². The monoisotopic (exact) mass is 735 g/mol. The molecule has 0 aliphatic rings. The molecule has 0 atom stereocenters.